The van der Waals surface area contributed by atoms with Crippen molar-refractivity contribution < 1.29 is 32.4 Å². The van der Waals surface area contributed by atoms with E-state index in [2.05, 4.69) is 15.4 Å². The highest BCUT2D eigenvalue weighted by molar-refractivity contribution is 5.91. The van der Waals surface area contributed by atoms with Crippen molar-refractivity contribution >= 4 is 17.5 Å². The molecule has 26 heavy (non-hydrogen) atoms. The number of alkyl halides is 3. The molecule has 0 saturated carbocycles. The molecule has 2 amide bonds. The van der Waals surface area contributed by atoms with Crippen LogP contribution in [0.1, 0.15) is 26.7 Å². The second kappa shape index (κ2) is 10.0. The number of halogens is 3. The molecule has 0 bridgehead atoms. The van der Waals surface area contributed by atoms with Crippen LogP contribution in [0, 0.1) is 0 Å². The van der Waals surface area contributed by atoms with Gasteiger partial charge in [-0.05, 0) is 37.6 Å². The topological polar surface area (TPSA) is 71.9 Å². The van der Waals surface area contributed by atoms with Crippen LogP contribution in [0.5, 0.6) is 5.75 Å². The number of rotatable bonds is 9. The van der Waals surface area contributed by atoms with Gasteiger partial charge in [0, 0.05) is 11.7 Å². The van der Waals surface area contributed by atoms with Gasteiger partial charge < -0.3 is 20.3 Å². The molecule has 146 valence electrons. The lowest BCUT2D eigenvalue weighted by atomic mass is 10.2. The number of carbonyl (C=O) groups is 2. The van der Waals surface area contributed by atoms with Crippen LogP contribution in [-0.2, 0) is 9.59 Å². The number of carbonyl (C=O) groups excluding carboxylic acids is 2. The summed E-state index contributed by atoms with van der Waals surface area (Å²) < 4.78 is 40.0. The van der Waals surface area contributed by atoms with Crippen molar-refractivity contribution in [2.24, 2.45) is 0 Å². The van der Waals surface area contributed by atoms with Crippen LogP contribution in [0.15, 0.2) is 24.3 Å². The Morgan fingerprint density at radius 1 is 1.15 bits per heavy atom. The molecule has 0 aliphatic rings. The van der Waals surface area contributed by atoms with Crippen molar-refractivity contribution in [3.8, 4) is 5.75 Å². The Labute approximate surface area is 150 Å². The molecule has 3 N–H and O–H groups in total. The number of anilines is 1. The Bertz CT molecular complexity index is 591. The van der Waals surface area contributed by atoms with E-state index in [1.165, 1.54) is 12.1 Å². The van der Waals surface area contributed by atoms with Gasteiger partial charge in [0.05, 0.1) is 7.05 Å². The summed E-state index contributed by atoms with van der Waals surface area (Å²) >= 11 is 0. The third kappa shape index (κ3) is 9.26. The molecule has 6 nitrogen and oxygen atoms in total. The molecule has 0 spiro atoms. The highest BCUT2D eigenvalue weighted by atomic mass is 19.4. The van der Waals surface area contributed by atoms with Crippen molar-refractivity contribution in [3.05, 3.63) is 24.3 Å². The number of nitrogens with one attached hydrogen (secondary N) is 3. The number of hydrogen-bond acceptors (Lipinski definition) is 3. The average molecular weight is 376 g/mol. The first-order valence-corrected chi connectivity index (χ1v) is 8.35. The highest BCUT2D eigenvalue weighted by Gasteiger charge is 2.31. The van der Waals surface area contributed by atoms with Gasteiger partial charge in [-0.15, -0.1) is 13.2 Å². The van der Waals surface area contributed by atoms with Gasteiger partial charge in [0.2, 0.25) is 0 Å². The first kappa shape index (κ1) is 21.8. The Morgan fingerprint density at radius 3 is 2.27 bits per heavy atom. The zero-order valence-electron chi connectivity index (χ0n) is 15.1. The summed E-state index contributed by atoms with van der Waals surface area (Å²) in [6, 6.07) is 4.94. The zero-order valence-corrected chi connectivity index (χ0v) is 15.1. The smallest absolute Gasteiger partial charge is 0.406 e. The first-order chi connectivity index (χ1) is 12.1. The molecule has 1 rings (SSSR count). The maximum absolute atomic E-state index is 12.1. The van der Waals surface area contributed by atoms with Gasteiger partial charge in [0.15, 0.2) is 13.1 Å². The molecule has 0 heterocycles. The summed E-state index contributed by atoms with van der Waals surface area (Å²) in [6.45, 7) is 4.16. The van der Waals surface area contributed by atoms with Crippen LogP contribution < -0.4 is 20.3 Å². The lowest BCUT2D eigenvalue weighted by Gasteiger charge is -2.16. The second-order valence-electron chi connectivity index (χ2n) is 6.19. The van der Waals surface area contributed by atoms with Crippen LogP contribution in [-0.4, -0.2) is 44.4 Å². The standard InChI is InChI=1S/C17H24F3N3O3/c1-4-5-12(2)21-15(24)10-23(3)11-16(25)22-13-6-8-14(9-7-13)26-17(18,19)20/h6-9,12H,4-5,10-11H2,1-3H3,(H,21,24)(H,22,25)/p+1/t12-/m1/s1. The molecule has 0 aliphatic carbocycles. The molecule has 0 aromatic heterocycles. The molecule has 0 fully saturated rings. The van der Waals surface area contributed by atoms with Gasteiger partial charge in [-0.1, -0.05) is 13.3 Å². The first-order valence-electron chi connectivity index (χ1n) is 8.35. The quantitative estimate of drug-likeness (QED) is 0.609. The zero-order chi connectivity index (χ0) is 19.7. The molecule has 0 radical (unpaired) electrons. The van der Waals surface area contributed by atoms with E-state index in [-0.39, 0.29) is 36.7 Å². The summed E-state index contributed by atoms with van der Waals surface area (Å²) in [5.41, 5.74) is 0.346. The SMILES string of the molecule is CCC[C@@H](C)NC(=O)C[NH+](C)CC(=O)Nc1ccc(OC(F)(F)F)cc1. The van der Waals surface area contributed by atoms with Crippen molar-refractivity contribution in [1.29, 1.82) is 0 Å². The second-order valence-corrected chi connectivity index (χ2v) is 6.19. The van der Waals surface area contributed by atoms with E-state index in [4.69, 9.17) is 0 Å². The fraction of sp³-hybridized carbons (Fsp3) is 0.529. The van der Waals surface area contributed by atoms with Crippen molar-refractivity contribution in [3.63, 3.8) is 0 Å². The normalized spacial score (nSPS) is 13.6. The largest absolute Gasteiger partial charge is 0.573 e. The summed E-state index contributed by atoms with van der Waals surface area (Å²) in [5, 5.41) is 5.43. The molecule has 1 aromatic carbocycles. The fourth-order valence-electron chi connectivity index (χ4n) is 2.39. The van der Waals surface area contributed by atoms with Crippen molar-refractivity contribution in [1.82, 2.24) is 5.32 Å². The Kier molecular flexibility index (Phi) is 8.37. The van der Waals surface area contributed by atoms with Gasteiger partial charge in [-0.3, -0.25) is 9.59 Å². The Morgan fingerprint density at radius 2 is 1.73 bits per heavy atom. The summed E-state index contributed by atoms with van der Waals surface area (Å²) in [5.74, 6) is -0.845. The van der Waals surface area contributed by atoms with E-state index in [9.17, 15) is 22.8 Å². The third-order valence-electron chi connectivity index (χ3n) is 3.43. The van der Waals surface area contributed by atoms with Crippen molar-refractivity contribution in [2.75, 3.05) is 25.5 Å². The highest BCUT2D eigenvalue weighted by Crippen LogP contribution is 2.23. The van der Waals surface area contributed by atoms with E-state index in [1.54, 1.807) is 7.05 Å². The minimum absolute atomic E-state index is 0.0520. The van der Waals surface area contributed by atoms with Gasteiger partial charge in [-0.2, -0.15) is 0 Å². The number of quaternary nitrogens is 1. The molecular weight excluding hydrogens is 351 g/mol. The van der Waals surface area contributed by atoms with Gasteiger partial charge in [0.25, 0.3) is 11.8 Å². The molecule has 0 aliphatic heterocycles. The van der Waals surface area contributed by atoms with Crippen LogP contribution in [0.25, 0.3) is 0 Å². The number of amides is 2. The Balaban J connectivity index is 2.42. The monoisotopic (exact) mass is 376 g/mol. The van der Waals surface area contributed by atoms with E-state index in [1.807, 2.05) is 13.8 Å². The van der Waals surface area contributed by atoms with Crippen LogP contribution in [0.4, 0.5) is 18.9 Å². The molecule has 0 saturated heterocycles. The number of ether oxygens (including phenoxy) is 1. The molecule has 9 heteroatoms. The minimum atomic E-state index is -4.76. The van der Waals surface area contributed by atoms with Crippen LogP contribution in [0.2, 0.25) is 0 Å². The number of benzene rings is 1. The lowest BCUT2D eigenvalue weighted by molar-refractivity contribution is -0.862. The van der Waals surface area contributed by atoms with Gasteiger partial charge >= 0.3 is 6.36 Å². The molecule has 1 aromatic rings. The van der Waals surface area contributed by atoms with Crippen LogP contribution in [0.3, 0.4) is 0 Å². The average Bonchev–Trinajstić information content (AvgIpc) is 2.47. The predicted molar refractivity (Wildman–Crippen MR) is 90.9 cm³/mol. The van der Waals surface area contributed by atoms with Crippen LogP contribution >= 0.6 is 0 Å². The minimum Gasteiger partial charge on any atom is -0.406 e. The number of likely N-dealkylation sites (N-methyl/N-ethyl adjacent to an activating group) is 1. The van der Waals surface area contributed by atoms with E-state index >= 15 is 0 Å². The molecular formula is C17H25F3N3O3+. The van der Waals surface area contributed by atoms with E-state index < -0.39 is 6.36 Å². The van der Waals surface area contributed by atoms with Gasteiger partial charge in [0.1, 0.15) is 5.75 Å². The fourth-order valence-corrected chi connectivity index (χ4v) is 2.39. The summed E-state index contributed by atoms with van der Waals surface area (Å²) in [7, 11) is 1.71. The van der Waals surface area contributed by atoms with Crippen molar-refractivity contribution in [2.45, 2.75) is 39.1 Å². The third-order valence-corrected chi connectivity index (χ3v) is 3.43. The lowest BCUT2D eigenvalue weighted by Crippen LogP contribution is -3.11. The summed E-state index contributed by atoms with van der Waals surface area (Å²) in [4.78, 5) is 24.5. The maximum atomic E-state index is 12.1. The molecule has 2 atom stereocenters. The predicted octanol–water partition coefficient (Wildman–Crippen LogP) is 1.34. The van der Waals surface area contributed by atoms with Gasteiger partial charge in [-0.25, -0.2) is 0 Å². The van der Waals surface area contributed by atoms with E-state index in [0.29, 0.717) is 10.6 Å². The Hall–Kier alpha value is -2.29. The molecule has 1 unspecified atom stereocenters. The van der Waals surface area contributed by atoms with E-state index in [0.717, 1.165) is 25.0 Å². The number of hydrogen-bond donors (Lipinski definition) is 3. The maximum Gasteiger partial charge on any atom is 0.573 e. The summed E-state index contributed by atoms with van der Waals surface area (Å²) in [6.07, 6.45) is -2.90.